The fourth-order valence-corrected chi connectivity index (χ4v) is 4.20. The van der Waals surface area contributed by atoms with Crippen LogP contribution in [0.4, 0.5) is 0 Å². The first-order chi connectivity index (χ1) is 11.5. The molecule has 1 aromatic carbocycles. The highest BCUT2D eigenvalue weighted by atomic mass is 32.2. The van der Waals surface area contributed by atoms with E-state index in [0.717, 1.165) is 5.56 Å². The number of carbonyl (C=O) groups excluding carboxylic acids is 1. The molecule has 0 spiro atoms. The van der Waals surface area contributed by atoms with Crippen molar-refractivity contribution in [3.8, 4) is 5.75 Å². The molecule has 1 saturated heterocycles. The van der Waals surface area contributed by atoms with Crippen LogP contribution in [0.25, 0.3) is 0 Å². The van der Waals surface area contributed by atoms with Crippen LogP contribution < -0.4 is 10.1 Å². The minimum atomic E-state index is -3.00. The topological polar surface area (TPSA) is 85.4 Å². The molecule has 126 valence electrons. The van der Waals surface area contributed by atoms with Crippen LogP contribution in [0.1, 0.15) is 22.3 Å². The highest BCUT2D eigenvalue weighted by Gasteiger charge is 2.29. The lowest BCUT2D eigenvalue weighted by Gasteiger charge is -2.11. The van der Waals surface area contributed by atoms with Crippen molar-refractivity contribution in [2.75, 3.05) is 11.5 Å². The number of sulfone groups is 1. The van der Waals surface area contributed by atoms with E-state index in [1.807, 2.05) is 12.1 Å². The van der Waals surface area contributed by atoms with Crippen LogP contribution in [-0.2, 0) is 16.4 Å². The van der Waals surface area contributed by atoms with Crippen LogP contribution in [0.3, 0.4) is 0 Å². The lowest BCUT2D eigenvalue weighted by Crippen LogP contribution is -2.35. The lowest BCUT2D eigenvalue weighted by molar-refractivity contribution is 0.0941. The van der Waals surface area contributed by atoms with E-state index in [9.17, 15) is 13.2 Å². The minimum Gasteiger partial charge on any atom is -0.489 e. The molecule has 3 rings (SSSR count). The van der Waals surface area contributed by atoms with Gasteiger partial charge in [-0.15, -0.1) is 0 Å². The van der Waals surface area contributed by atoms with Crippen molar-refractivity contribution in [2.24, 2.45) is 0 Å². The molecule has 1 fully saturated rings. The normalized spacial score (nSPS) is 18.9. The van der Waals surface area contributed by atoms with E-state index < -0.39 is 9.84 Å². The summed E-state index contributed by atoms with van der Waals surface area (Å²) in [7, 11) is -3.00. The average Bonchev–Trinajstić information content (AvgIpc) is 2.93. The molecule has 2 aromatic rings. The minimum absolute atomic E-state index is 0.0189. The Morgan fingerprint density at radius 3 is 2.67 bits per heavy atom. The van der Waals surface area contributed by atoms with Crippen molar-refractivity contribution < 1.29 is 17.9 Å². The number of benzene rings is 1. The molecular weight excluding hydrogens is 328 g/mol. The molecule has 24 heavy (non-hydrogen) atoms. The molecule has 0 radical (unpaired) electrons. The van der Waals surface area contributed by atoms with Gasteiger partial charge in [0, 0.05) is 29.6 Å². The van der Waals surface area contributed by atoms with Gasteiger partial charge in [-0.1, -0.05) is 6.07 Å². The number of nitrogens with zero attached hydrogens (tertiary/aromatic N) is 1. The molecule has 0 aliphatic carbocycles. The summed E-state index contributed by atoms with van der Waals surface area (Å²) in [4.78, 5) is 16.2. The summed E-state index contributed by atoms with van der Waals surface area (Å²) >= 11 is 0. The maximum absolute atomic E-state index is 12.1. The van der Waals surface area contributed by atoms with Gasteiger partial charge >= 0.3 is 0 Å². The first-order valence-electron chi connectivity index (χ1n) is 7.65. The molecule has 1 aliphatic rings. The summed E-state index contributed by atoms with van der Waals surface area (Å²) in [5.41, 5.74) is 1.44. The number of hydrogen-bond donors (Lipinski definition) is 1. The van der Waals surface area contributed by atoms with Gasteiger partial charge in [0.25, 0.3) is 5.91 Å². The summed E-state index contributed by atoms with van der Waals surface area (Å²) in [6.45, 7) is 0.402. The molecule has 0 unspecified atom stereocenters. The van der Waals surface area contributed by atoms with Gasteiger partial charge in [-0.3, -0.25) is 9.78 Å². The van der Waals surface area contributed by atoms with E-state index in [4.69, 9.17) is 4.74 Å². The number of pyridine rings is 1. The van der Waals surface area contributed by atoms with Crippen molar-refractivity contribution in [1.82, 2.24) is 10.3 Å². The molecule has 1 amide bonds. The second kappa shape index (κ2) is 7.00. The van der Waals surface area contributed by atoms with E-state index in [1.165, 1.54) is 0 Å². The third kappa shape index (κ3) is 4.32. The van der Waals surface area contributed by atoms with Crippen LogP contribution in [0, 0.1) is 0 Å². The molecule has 0 saturated carbocycles. The Morgan fingerprint density at radius 2 is 2.04 bits per heavy atom. The highest BCUT2D eigenvalue weighted by Crippen LogP contribution is 2.16. The number of rotatable bonds is 5. The number of nitrogens with one attached hydrogen (secondary N) is 1. The Morgan fingerprint density at radius 1 is 1.25 bits per heavy atom. The maximum Gasteiger partial charge on any atom is 0.251 e. The van der Waals surface area contributed by atoms with Crippen molar-refractivity contribution in [1.29, 1.82) is 0 Å². The second-order valence-electron chi connectivity index (χ2n) is 5.75. The Balaban J connectivity index is 1.55. The van der Waals surface area contributed by atoms with Crippen LogP contribution in [0.2, 0.25) is 0 Å². The number of amides is 1. The Kier molecular flexibility index (Phi) is 4.80. The first kappa shape index (κ1) is 16.4. The molecule has 1 aliphatic heterocycles. The zero-order chi connectivity index (χ0) is 17.0. The largest absolute Gasteiger partial charge is 0.489 e. The van der Waals surface area contributed by atoms with E-state index in [1.54, 1.807) is 36.7 Å². The Labute approximate surface area is 140 Å². The quantitative estimate of drug-likeness (QED) is 0.888. The zero-order valence-electron chi connectivity index (χ0n) is 13.0. The van der Waals surface area contributed by atoms with Gasteiger partial charge < -0.3 is 10.1 Å². The number of hydrogen-bond acceptors (Lipinski definition) is 5. The molecule has 6 nitrogen and oxygen atoms in total. The van der Waals surface area contributed by atoms with Gasteiger partial charge in [0.05, 0.1) is 11.5 Å². The van der Waals surface area contributed by atoms with Gasteiger partial charge in [0.15, 0.2) is 9.84 Å². The number of aromatic nitrogens is 1. The van der Waals surface area contributed by atoms with E-state index >= 15 is 0 Å². The monoisotopic (exact) mass is 346 g/mol. The van der Waals surface area contributed by atoms with Crippen LogP contribution in [0.5, 0.6) is 5.75 Å². The maximum atomic E-state index is 12.1. The molecule has 1 aromatic heterocycles. The van der Waals surface area contributed by atoms with E-state index in [0.29, 0.717) is 24.3 Å². The van der Waals surface area contributed by atoms with Crippen molar-refractivity contribution in [2.45, 2.75) is 19.1 Å². The smallest absolute Gasteiger partial charge is 0.251 e. The van der Waals surface area contributed by atoms with Gasteiger partial charge in [0.2, 0.25) is 0 Å². The third-order valence-corrected chi connectivity index (χ3v) is 5.58. The van der Waals surface area contributed by atoms with E-state index in [-0.39, 0.29) is 23.5 Å². The summed E-state index contributed by atoms with van der Waals surface area (Å²) in [6.07, 6.45) is 3.91. The predicted octanol–water partition coefficient (Wildman–Crippen LogP) is 1.58. The van der Waals surface area contributed by atoms with Crippen LogP contribution in [-0.4, -0.2) is 36.9 Å². The van der Waals surface area contributed by atoms with Crippen LogP contribution in [0.15, 0.2) is 48.8 Å². The molecular formula is C17H18N2O4S. The SMILES string of the molecule is O=C(N[C@H]1CCS(=O)(=O)C1)c1ccc(OCc2cccnc2)cc1. The summed E-state index contributed by atoms with van der Waals surface area (Å²) in [5, 5.41) is 2.76. The van der Waals surface area contributed by atoms with Crippen molar-refractivity contribution in [3.63, 3.8) is 0 Å². The second-order valence-corrected chi connectivity index (χ2v) is 7.98. The van der Waals surface area contributed by atoms with E-state index in [2.05, 4.69) is 10.3 Å². The molecule has 1 atom stereocenters. The lowest BCUT2D eigenvalue weighted by atomic mass is 10.2. The number of ether oxygens (including phenoxy) is 1. The fourth-order valence-electron chi connectivity index (χ4n) is 2.53. The predicted molar refractivity (Wildman–Crippen MR) is 89.5 cm³/mol. The summed E-state index contributed by atoms with van der Waals surface area (Å²) < 4.78 is 28.5. The van der Waals surface area contributed by atoms with Gasteiger partial charge in [-0.25, -0.2) is 8.42 Å². The fraction of sp³-hybridized carbons (Fsp3) is 0.294. The average molecular weight is 346 g/mol. The molecule has 1 N–H and O–H groups in total. The molecule has 7 heteroatoms. The molecule has 2 heterocycles. The summed E-state index contributed by atoms with van der Waals surface area (Å²) in [6, 6.07) is 10.2. The van der Waals surface area contributed by atoms with Crippen LogP contribution >= 0.6 is 0 Å². The number of carbonyl (C=O) groups is 1. The van der Waals surface area contributed by atoms with Crippen molar-refractivity contribution >= 4 is 15.7 Å². The first-order valence-corrected chi connectivity index (χ1v) is 9.47. The zero-order valence-corrected chi connectivity index (χ0v) is 13.8. The standard InChI is InChI=1S/C17H18N2O4S/c20-17(19-15-7-9-24(21,22)12-15)14-3-5-16(6-4-14)23-11-13-2-1-8-18-10-13/h1-6,8,10,15H,7,9,11-12H2,(H,19,20)/t15-/m0/s1. The third-order valence-electron chi connectivity index (χ3n) is 3.81. The van der Waals surface area contributed by atoms with Gasteiger partial charge in [-0.05, 0) is 36.8 Å². The Hall–Kier alpha value is -2.41. The highest BCUT2D eigenvalue weighted by molar-refractivity contribution is 7.91. The summed E-state index contributed by atoms with van der Waals surface area (Å²) in [5.74, 6) is 0.541. The Bertz CT molecular complexity index is 804. The van der Waals surface area contributed by atoms with Gasteiger partial charge in [0.1, 0.15) is 12.4 Å². The van der Waals surface area contributed by atoms with Crippen molar-refractivity contribution in [3.05, 3.63) is 59.9 Å². The molecule has 0 bridgehead atoms. The van der Waals surface area contributed by atoms with Gasteiger partial charge in [-0.2, -0.15) is 0 Å².